The minimum Gasteiger partial charge on any atom is -0.359 e. The molecule has 0 saturated carbocycles. The largest absolute Gasteiger partial charge is 0.359 e. The van der Waals surface area contributed by atoms with E-state index in [2.05, 4.69) is 76.4 Å². The van der Waals surface area contributed by atoms with Crippen LogP contribution >= 0.6 is 0 Å². The van der Waals surface area contributed by atoms with E-state index in [9.17, 15) is 0 Å². The molecule has 3 aromatic rings. The van der Waals surface area contributed by atoms with Crippen LogP contribution in [-0.4, -0.2) is 28.5 Å². The van der Waals surface area contributed by atoms with E-state index in [1.165, 1.54) is 22.4 Å². The van der Waals surface area contributed by atoms with Gasteiger partial charge in [-0.2, -0.15) is 0 Å². The molecule has 1 aromatic carbocycles. The maximum absolute atomic E-state index is 4.64. The van der Waals surface area contributed by atoms with Gasteiger partial charge in [0.1, 0.15) is 17.5 Å². The molecule has 0 saturated heterocycles. The van der Waals surface area contributed by atoms with Gasteiger partial charge in [0.15, 0.2) is 0 Å². The predicted octanol–water partition coefficient (Wildman–Crippen LogP) is 4.73. The molecular weight excluding hydrogens is 346 g/mol. The van der Waals surface area contributed by atoms with Crippen molar-refractivity contribution >= 4 is 17.3 Å². The molecule has 5 nitrogen and oxygen atoms in total. The minimum absolute atomic E-state index is 0.766. The van der Waals surface area contributed by atoms with Crippen LogP contribution in [0.5, 0.6) is 0 Å². The van der Waals surface area contributed by atoms with Gasteiger partial charge in [0.25, 0.3) is 0 Å². The molecule has 0 bridgehead atoms. The Kier molecular flexibility index (Phi) is 6.58. The Morgan fingerprint density at radius 3 is 2.29 bits per heavy atom. The average Bonchev–Trinajstić information content (AvgIpc) is 2.72. The first-order valence-corrected chi connectivity index (χ1v) is 9.94. The van der Waals surface area contributed by atoms with E-state index in [1.54, 1.807) is 0 Å². The van der Waals surface area contributed by atoms with E-state index in [4.69, 9.17) is 0 Å². The average molecular weight is 376 g/mol. The lowest BCUT2D eigenvalue weighted by Gasteiger charge is -2.20. The van der Waals surface area contributed by atoms with Gasteiger partial charge in [-0.25, -0.2) is 9.97 Å². The van der Waals surface area contributed by atoms with Crippen molar-refractivity contribution in [1.29, 1.82) is 0 Å². The first-order chi connectivity index (χ1) is 13.6. The molecule has 5 heteroatoms. The Morgan fingerprint density at radius 1 is 0.964 bits per heavy atom. The second-order valence-electron chi connectivity index (χ2n) is 6.97. The molecule has 0 aliphatic heterocycles. The third-order valence-corrected chi connectivity index (χ3v) is 4.95. The van der Waals surface area contributed by atoms with Gasteiger partial charge < -0.3 is 10.2 Å². The number of para-hydroxylation sites is 1. The number of aromatic nitrogens is 3. The van der Waals surface area contributed by atoms with Crippen molar-refractivity contribution in [1.82, 2.24) is 15.0 Å². The molecule has 0 radical (unpaired) electrons. The summed E-state index contributed by atoms with van der Waals surface area (Å²) in [6.45, 7) is 7.19. The molecule has 0 aliphatic carbocycles. The van der Waals surface area contributed by atoms with Gasteiger partial charge >= 0.3 is 0 Å². The number of hydrogen-bond donors (Lipinski definition) is 1. The topological polar surface area (TPSA) is 53.9 Å². The van der Waals surface area contributed by atoms with Crippen molar-refractivity contribution in [3.63, 3.8) is 0 Å². The fraction of sp³-hybridized carbons (Fsp3) is 0.348. The van der Waals surface area contributed by atoms with Crippen LogP contribution in [0.3, 0.4) is 0 Å². The molecule has 28 heavy (non-hydrogen) atoms. The second kappa shape index (κ2) is 9.31. The lowest BCUT2D eigenvalue weighted by Crippen LogP contribution is -2.22. The van der Waals surface area contributed by atoms with E-state index in [-0.39, 0.29) is 0 Å². The number of nitrogens with one attached hydrogen (secondary N) is 1. The summed E-state index contributed by atoms with van der Waals surface area (Å²) in [7, 11) is 2.07. The van der Waals surface area contributed by atoms with Crippen molar-refractivity contribution in [2.24, 2.45) is 0 Å². The van der Waals surface area contributed by atoms with E-state index in [0.29, 0.717) is 0 Å². The van der Waals surface area contributed by atoms with Crippen molar-refractivity contribution in [3.05, 3.63) is 71.3 Å². The quantitative estimate of drug-likeness (QED) is 0.617. The van der Waals surface area contributed by atoms with Crippen LogP contribution in [0.2, 0.25) is 0 Å². The second-order valence-corrected chi connectivity index (χ2v) is 6.97. The fourth-order valence-corrected chi connectivity index (χ4v) is 3.30. The van der Waals surface area contributed by atoms with Crippen LogP contribution in [0, 0.1) is 6.92 Å². The highest BCUT2D eigenvalue weighted by molar-refractivity contribution is 5.66. The smallest absolute Gasteiger partial charge is 0.136 e. The standard InChI is InChI=1S/C23H29N5/c1-5-19-8-7-9-20(6-2)23(19)27-21-16-22(26-17(3)25-21)28(4)15-12-18-10-13-24-14-11-18/h7-11,13-14,16H,5-6,12,15H2,1-4H3,(H,25,26,27). The predicted molar refractivity (Wildman–Crippen MR) is 116 cm³/mol. The number of likely N-dealkylation sites (N-methyl/N-ethyl adjacent to an activating group) is 1. The van der Waals surface area contributed by atoms with Gasteiger partial charge in [0.2, 0.25) is 0 Å². The normalized spacial score (nSPS) is 10.7. The Hall–Kier alpha value is -2.95. The molecular formula is C23H29N5. The van der Waals surface area contributed by atoms with Crippen LogP contribution in [0.4, 0.5) is 17.3 Å². The zero-order chi connectivity index (χ0) is 19.9. The summed E-state index contributed by atoms with van der Waals surface area (Å²) in [5, 5.41) is 3.57. The zero-order valence-electron chi connectivity index (χ0n) is 17.2. The SMILES string of the molecule is CCc1cccc(CC)c1Nc1cc(N(C)CCc2ccncc2)nc(C)n1. The molecule has 0 atom stereocenters. The maximum atomic E-state index is 4.64. The highest BCUT2D eigenvalue weighted by Crippen LogP contribution is 2.27. The number of hydrogen-bond acceptors (Lipinski definition) is 5. The van der Waals surface area contributed by atoms with Crippen LogP contribution < -0.4 is 10.2 Å². The molecule has 1 N–H and O–H groups in total. The van der Waals surface area contributed by atoms with Crippen LogP contribution in [0.25, 0.3) is 0 Å². The molecule has 0 unspecified atom stereocenters. The molecule has 2 heterocycles. The molecule has 0 amide bonds. The van der Waals surface area contributed by atoms with E-state index in [1.807, 2.05) is 25.4 Å². The van der Waals surface area contributed by atoms with Gasteiger partial charge in [-0.15, -0.1) is 0 Å². The summed E-state index contributed by atoms with van der Waals surface area (Å²) < 4.78 is 0. The number of rotatable bonds is 8. The van der Waals surface area contributed by atoms with Gasteiger partial charge in [-0.3, -0.25) is 4.98 Å². The summed E-state index contributed by atoms with van der Waals surface area (Å²) in [6, 6.07) is 12.6. The third-order valence-electron chi connectivity index (χ3n) is 4.95. The van der Waals surface area contributed by atoms with Gasteiger partial charge in [0.05, 0.1) is 0 Å². The summed E-state index contributed by atoms with van der Waals surface area (Å²) >= 11 is 0. The Labute approximate surface area is 167 Å². The summed E-state index contributed by atoms with van der Waals surface area (Å²) in [4.78, 5) is 15.5. The van der Waals surface area contributed by atoms with Crippen molar-refractivity contribution < 1.29 is 0 Å². The monoisotopic (exact) mass is 375 g/mol. The molecule has 2 aromatic heterocycles. The van der Waals surface area contributed by atoms with Gasteiger partial charge in [-0.05, 0) is 55.0 Å². The van der Waals surface area contributed by atoms with Gasteiger partial charge in [-0.1, -0.05) is 32.0 Å². The maximum Gasteiger partial charge on any atom is 0.136 e. The lowest BCUT2D eigenvalue weighted by atomic mass is 10.0. The lowest BCUT2D eigenvalue weighted by molar-refractivity contribution is 0.848. The Bertz CT molecular complexity index is 886. The zero-order valence-corrected chi connectivity index (χ0v) is 17.2. The molecule has 146 valence electrons. The van der Waals surface area contributed by atoms with Crippen molar-refractivity contribution in [3.8, 4) is 0 Å². The number of nitrogens with zero attached hydrogens (tertiary/aromatic N) is 4. The third kappa shape index (κ3) is 4.85. The van der Waals surface area contributed by atoms with Crippen molar-refractivity contribution in [2.75, 3.05) is 23.8 Å². The van der Waals surface area contributed by atoms with Crippen LogP contribution in [-0.2, 0) is 19.3 Å². The molecule has 0 fully saturated rings. The first kappa shape index (κ1) is 19.8. The number of pyridine rings is 1. The van der Waals surface area contributed by atoms with E-state index >= 15 is 0 Å². The van der Waals surface area contributed by atoms with E-state index < -0.39 is 0 Å². The summed E-state index contributed by atoms with van der Waals surface area (Å²) in [6.07, 6.45) is 6.59. The number of aryl methyl sites for hydroxylation is 3. The van der Waals surface area contributed by atoms with Crippen molar-refractivity contribution in [2.45, 2.75) is 40.0 Å². The summed E-state index contributed by atoms with van der Waals surface area (Å²) in [5.41, 5.74) is 5.07. The van der Waals surface area contributed by atoms with Crippen LogP contribution in [0.15, 0.2) is 48.8 Å². The summed E-state index contributed by atoms with van der Waals surface area (Å²) in [5.74, 6) is 2.53. The molecule has 0 spiro atoms. The highest BCUT2D eigenvalue weighted by atomic mass is 15.2. The first-order valence-electron chi connectivity index (χ1n) is 9.94. The Morgan fingerprint density at radius 2 is 1.64 bits per heavy atom. The van der Waals surface area contributed by atoms with Gasteiger partial charge in [0, 0.05) is 37.7 Å². The minimum atomic E-state index is 0.766. The van der Waals surface area contributed by atoms with E-state index in [0.717, 1.165) is 43.3 Å². The molecule has 0 aliphatic rings. The molecule has 3 rings (SSSR count). The Balaban J connectivity index is 1.80. The fourth-order valence-electron chi connectivity index (χ4n) is 3.30. The van der Waals surface area contributed by atoms with Crippen LogP contribution in [0.1, 0.15) is 36.4 Å². The number of anilines is 3. The highest BCUT2D eigenvalue weighted by Gasteiger charge is 2.11. The number of benzene rings is 1.